The lowest BCUT2D eigenvalue weighted by molar-refractivity contribution is -0.139. The topological polar surface area (TPSA) is 109 Å². The minimum atomic E-state index is -0.940. The first-order chi connectivity index (χ1) is 18.0. The number of nitrogens with zero attached hydrogens (tertiary/aromatic N) is 1. The van der Waals surface area contributed by atoms with Gasteiger partial charge in [-0.1, -0.05) is 48.5 Å². The number of carboxylic acids is 1. The van der Waals surface area contributed by atoms with Crippen molar-refractivity contribution in [3.63, 3.8) is 0 Å². The molecule has 7 heteroatoms. The minimum absolute atomic E-state index is 0.102. The van der Waals surface area contributed by atoms with Crippen molar-refractivity contribution in [1.82, 2.24) is 5.32 Å². The Morgan fingerprint density at radius 2 is 1.95 bits per heavy atom. The van der Waals surface area contributed by atoms with Crippen LogP contribution in [-0.2, 0) is 16.0 Å². The first-order valence-corrected chi connectivity index (χ1v) is 12.3. The zero-order valence-electron chi connectivity index (χ0n) is 20.2. The molecule has 1 amide bonds. The molecule has 1 heterocycles. The van der Waals surface area contributed by atoms with E-state index in [-0.39, 0.29) is 11.5 Å². The number of nitrogens with one attached hydrogen (secondary N) is 1. The maximum absolute atomic E-state index is 12.7. The molecule has 2 aliphatic rings. The molecule has 5 rings (SSSR count). The van der Waals surface area contributed by atoms with Crippen LogP contribution in [0.4, 0.5) is 0 Å². The smallest absolute Gasteiger partial charge is 0.311 e. The van der Waals surface area contributed by atoms with Gasteiger partial charge in [0.25, 0.3) is 0 Å². The molecule has 1 unspecified atom stereocenters. The Balaban J connectivity index is 1.23. The SMILES string of the molecule is N#Cc1cc2c(cc1OC1=CC=C(C(=O)NCCc3cccc4ccccc34)CC1)OCCC2C(=O)O. The second kappa shape index (κ2) is 10.6. The molecule has 2 N–H and O–H groups in total. The van der Waals surface area contributed by atoms with Crippen LogP contribution in [0.2, 0.25) is 0 Å². The average molecular weight is 495 g/mol. The van der Waals surface area contributed by atoms with E-state index in [0.29, 0.717) is 60.8 Å². The standard InChI is InChI=1S/C30H26N2O5/c31-18-22-16-26-25(30(34)35)13-15-36-28(26)17-27(22)37-23-10-8-21(9-11-23)29(33)32-14-12-20-6-3-5-19-4-1-2-7-24(19)20/h1-8,10,16-17,25H,9,11-15H2,(H,32,33)(H,34,35). The highest BCUT2D eigenvalue weighted by molar-refractivity contribution is 5.94. The second-order valence-corrected chi connectivity index (χ2v) is 9.10. The normalized spacial score (nSPS) is 16.5. The number of hydrogen-bond donors (Lipinski definition) is 2. The summed E-state index contributed by atoms with van der Waals surface area (Å²) in [5, 5.41) is 24.5. The van der Waals surface area contributed by atoms with Gasteiger partial charge in [-0.05, 0) is 47.7 Å². The number of fused-ring (bicyclic) bond motifs is 2. The van der Waals surface area contributed by atoms with Gasteiger partial charge in [-0.15, -0.1) is 0 Å². The van der Waals surface area contributed by atoms with Crippen LogP contribution >= 0.6 is 0 Å². The highest BCUT2D eigenvalue weighted by Crippen LogP contribution is 2.39. The summed E-state index contributed by atoms with van der Waals surface area (Å²) in [5.74, 6) is -0.390. The lowest BCUT2D eigenvalue weighted by atomic mass is 9.91. The predicted molar refractivity (Wildman–Crippen MR) is 138 cm³/mol. The number of hydrogen-bond acceptors (Lipinski definition) is 5. The summed E-state index contributed by atoms with van der Waals surface area (Å²) >= 11 is 0. The summed E-state index contributed by atoms with van der Waals surface area (Å²) in [6, 6.07) is 19.6. The molecule has 0 spiro atoms. The number of rotatable bonds is 7. The highest BCUT2D eigenvalue weighted by Gasteiger charge is 2.29. The van der Waals surface area contributed by atoms with Gasteiger partial charge in [0, 0.05) is 30.2 Å². The van der Waals surface area contributed by atoms with Crippen molar-refractivity contribution >= 4 is 22.6 Å². The van der Waals surface area contributed by atoms with Gasteiger partial charge in [0.2, 0.25) is 5.91 Å². The zero-order valence-corrected chi connectivity index (χ0v) is 20.2. The first-order valence-electron chi connectivity index (χ1n) is 12.3. The summed E-state index contributed by atoms with van der Waals surface area (Å²) in [4.78, 5) is 24.3. The van der Waals surface area contributed by atoms with Crippen molar-refractivity contribution in [2.24, 2.45) is 0 Å². The van der Waals surface area contributed by atoms with E-state index >= 15 is 0 Å². The van der Waals surface area contributed by atoms with Crippen molar-refractivity contribution in [1.29, 1.82) is 5.26 Å². The van der Waals surface area contributed by atoms with E-state index in [9.17, 15) is 20.0 Å². The van der Waals surface area contributed by atoms with Crippen LogP contribution in [0.5, 0.6) is 11.5 Å². The van der Waals surface area contributed by atoms with Crippen LogP contribution in [0.3, 0.4) is 0 Å². The van der Waals surface area contributed by atoms with E-state index < -0.39 is 11.9 Å². The number of amides is 1. The van der Waals surface area contributed by atoms with Gasteiger partial charge in [-0.25, -0.2) is 0 Å². The van der Waals surface area contributed by atoms with Crippen molar-refractivity contribution in [2.45, 2.75) is 31.6 Å². The molecule has 0 fully saturated rings. The Kier molecular flexibility index (Phi) is 6.91. The fourth-order valence-corrected chi connectivity index (χ4v) is 4.81. The van der Waals surface area contributed by atoms with Crippen molar-refractivity contribution in [2.75, 3.05) is 13.2 Å². The second-order valence-electron chi connectivity index (χ2n) is 9.10. The lowest BCUT2D eigenvalue weighted by Gasteiger charge is -2.24. The third kappa shape index (κ3) is 5.19. The predicted octanol–water partition coefficient (Wildman–Crippen LogP) is 5.00. The van der Waals surface area contributed by atoms with Gasteiger partial charge in [-0.2, -0.15) is 5.26 Å². The van der Waals surface area contributed by atoms with Crippen LogP contribution < -0.4 is 14.8 Å². The van der Waals surface area contributed by atoms with Gasteiger partial charge in [0.1, 0.15) is 23.3 Å². The summed E-state index contributed by atoms with van der Waals surface area (Å²) < 4.78 is 11.6. The number of nitriles is 1. The van der Waals surface area contributed by atoms with Crippen LogP contribution in [0, 0.1) is 11.3 Å². The molecule has 37 heavy (non-hydrogen) atoms. The fraction of sp³-hybridized carbons (Fsp3) is 0.233. The highest BCUT2D eigenvalue weighted by atomic mass is 16.5. The number of benzene rings is 3. The molecule has 0 aromatic heterocycles. The summed E-state index contributed by atoms with van der Waals surface area (Å²) in [6.45, 7) is 0.828. The Bertz CT molecular complexity index is 1480. The van der Waals surface area contributed by atoms with Gasteiger partial charge in [-0.3, -0.25) is 9.59 Å². The number of ether oxygens (including phenoxy) is 2. The molecule has 7 nitrogen and oxygen atoms in total. The largest absolute Gasteiger partial charge is 0.493 e. The number of carbonyl (C=O) groups is 2. The average Bonchev–Trinajstić information content (AvgIpc) is 2.92. The van der Waals surface area contributed by atoms with Gasteiger partial charge >= 0.3 is 5.97 Å². The number of aliphatic carboxylic acids is 1. The monoisotopic (exact) mass is 494 g/mol. The molecule has 0 radical (unpaired) electrons. The maximum Gasteiger partial charge on any atom is 0.311 e. The van der Waals surface area contributed by atoms with Gasteiger partial charge in [0.15, 0.2) is 0 Å². The molecular weight excluding hydrogens is 468 g/mol. The minimum Gasteiger partial charge on any atom is -0.493 e. The molecule has 1 aliphatic carbocycles. The fourth-order valence-electron chi connectivity index (χ4n) is 4.81. The molecule has 3 aromatic carbocycles. The Morgan fingerprint density at radius 1 is 1.11 bits per heavy atom. The van der Waals surface area contributed by atoms with Crippen molar-refractivity contribution in [3.8, 4) is 17.6 Å². The summed E-state index contributed by atoms with van der Waals surface area (Å²) in [5.41, 5.74) is 2.60. The van der Waals surface area contributed by atoms with E-state index in [2.05, 4.69) is 35.7 Å². The molecule has 0 saturated heterocycles. The zero-order chi connectivity index (χ0) is 25.8. The number of allylic oxidation sites excluding steroid dienone is 3. The lowest BCUT2D eigenvalue weighted by Crippen LogP contribution is -2.27. The maximum atomic E-state index is 12.7. The van der Waals surface area contributed by atoms with Gasteiger partial charge in [0.05, 0.1) is 18.1 Å². The number of carboxylic acid groups (broad SMARTS) is 1. The molecule has 1 aliphatic heterocycles. The Morgan fingerprint density at radius 3 is 2.73 bits per heavy atom. The molecule has 186 valence electrons. The quantitative estimate of drug-likeness (QED) is 0.478. The summed E-state index contributed by atoms with van der Waals surface area (Å²) in [7, 11) is 0. The van der Waals surface area contributed by atoms with Crippen LogP contribution in [-0.4, -0.2) is 30.1 Å². The van der Waals surface area contributed by atoms with Crippen LogP contribution in [0.1, 0.15) is 41.9 Å². The number of carbonyl (C=O) groups excluding carboxylic acids is 1. The van der Waals surface area contributed by atoms with Crippen molar-refractivity contribution in [3.05, 3.63) is 94.8 Å². The van der Waals surface area contributed by atoms with Crippen LogP contribution in [0.15, 0.2) is 78.1 Å². The summed E-state index contributed by atoms with van der Waals surface area (Å²) in [6.07, 6.45) is 5.60. The molecule has 1 atom stereocenters. The Hall–Kier alpha value is -4.57. The third-order valence-corrected chi connectivity index (χ3v) is 6.77. The van der Waals surface area contributed by atoms with E-state index in [1.54, 1.807) is 18.2 Å². The first kappa shape index (κ1) is 24.1. The molecule has 0 saturated carbocycles. The van der Waals surface area contributed by atoms with Gasteiger partial charge < -0.3 is 19.9 Å². The van der Waals surface area contributed by atoms with E-state index in [4.69, 9.17) is 9.47 Å². The van der Waals surface area contributed by atoms with E-state index in [0.717, 1.165) is 6.42 Å². The third-order valence-electron chi connectivity index (χ3n) is 6.77. The molecular formula is C30H26N2O5. The Labute approximate surface area is 214 Å². The van der Waals surface area contributed by atoms with E-state index in [1.807, 2.05) is 18.2 Å². The van der Waals surface area contributed by atoms with E-state index in [1.165, 1.54) is 22.4 Å². The molecule has 0 bridgehead atoms. The molecule has 3 aromatic rings. The van der Waals surface area contributed by atoms with Crippen LogP contribution in [0.25, 0.3) is 10.8 Å². The van der Waals surface area contributed by atoms with Crippen molar-refractivity contribution < 1.29 is 24.2 Å².